The van der Waals surface area contributed by atoms with Crippen LogP contribution < -0.4 is 4.72 Å². The lowest BCUT2D eigenvalue weighted by Gasteiger charge is -2.12. The van der Waals surface area contributed by atoms with E-state index in [0.29, 0.717) is 22.3 Å². The van der Waals surface area contributed by atoms with Gasteiger partial charge in [0.15, 0.2) is 5.82 Å². The molecule has 0 saturated carbocycles. The number of hydrogen-bond acceptors (Lipinski definition) is 4. The number of aromatic nitrogens is 3. The van der Waals surface area contributed by atoms with Gasteiger partial charge in [0.1, 0.15) is 21.3 Å². The minimum atomic E-state index is -4.63. The largest absolute Gasteiger partial charge is 0.416 e. The molecule has 0 fully saturated rings. The van der Waals surface area contributed by atoms with Crippen molar-refractivity contribution in [3.8, 4) is 0 Å². The topological polar surface area (TPSA) is 76.4 Å². The van der Waals surface area contributed by atoms with Crippen LogP contribution in [0.1, 0.15) is 5.56 Å². The number of hydrogen-bond donors (Lipinski definition) is 1. The van der Waals surface area contributed by atoms with Crippen molar-refractivity contribution in [2.45, 2.75) is 11.1 Å². The van der Waals surface area contributed by atoms with Crippen LogP contribution in [0.25, 0.3) is 5.52 Å². The molecule has 0 saturated heterocycles. The molecular weight excluding hydrogens is 449 g/mol. The molecule has 1 aromatic carbocycles. The van der Waals surface area contributed by atoms with E-state index in [1.54, 1.807) is 12.1 Å². The number of nitrogens with zero attached hydrogens (tertiary/aromatic N) is 3. The average Bonchev–Trinajstić information content (AvgIpc) is 2.88. The van der Waals surface area contributed by atoms with Crippen molar-refractivity contribution in [1.29, 1.82) is 0 Å². The van der Waals surface area contributed by atoms with Crippen LogP contribution >= 0.6 is 27.5 Å². The quantitative estimate of drug-likeness (QED) is 0.648. The van der Waals surface area contributed by atoms with E-state index >= 15 is 0 Å². The molecule has 0 atom stereocenters. The molecule has 0 amide bonds. The second kappa shape index (κ2) is 6.15. The van der Waals surface area contributed by atoms with E-state index < -0.39 is 31.7 Å². The van der Waals surface area contributed by atoms with Crippen molar-refractivity contribution in [3.63, 3.8) is 0 Å². The van der Waals surface area contributed by atoms with Gasteiger partial charge in [-0.2, -0.15) is 18.3 Å². The molecule has 6 nitrogen and oxygen atoms in total. The van der Waals surface area contributed by atoms with Crippen molar-refractivity contribution < 1.29 is 21.6 Å². The van der Waals surface area contributed by atoms with Crippen molar-refractivity contribution in [2.75, 3.05) is 4.72 Å². The third-order valence-corrected chi connectivity index (χ3v) is 5.61. The summed E-state index contributed by atoms with van der Waals surface area (Å²) in [6, 6.07) is 5.19. The summed E-state index contributed by atoms with van der Waals surface area (Å²) >= 11 is 8.98. The number of benzene rings is 1. The molecule has 0 unspecified atom stereocenters. The molecule has 1 N–H and O–H groups in total. The number of rotatable bonds is 3. The molecule has 2 aromatic heterocycles. The Balaban J connectivity index is 2.02. The van der Waals surface area contributed by atoms with Gasteiger partial charge in [-0.25, -0.2) is 17.9 Å². The van der Waals surface area contributed by atoms with Gasteiger partial charge < -0.3 is 0 Å². The zero-order valence-corrected chi connectivity index (χ0v) is 15.1. The molecule has 0 radical (unpaired) electrons. The summed E-state index contributed by atoms with van der Waals surface area (Å²) in [6.45, 7) is 0. The second-order valence-corrected chi connectivity index (χ2v) is 7.68. The highest BCUT2D eigenvalue weighted by Crippen LogP contribution is 2.34. The minimum absolute atomic E-state index is 0.0448. The SMILES string of the molecule is O=S(=O)(Nc1ncnn2c(Br)ccc12)c1ccc(C(F)(F)F)cc1Cl. The number of anilines is 1. The molecule has 0 bridgehead atoms. The van der Waals surface area contributed by atoms with Crippen molar-refractivity contribution in [2.24, 2.45) is 0 Å². The molecule has 25 heavy (non-hydrogen) atoms. The zero-order chi connectivity index (χ0) is 18.4. The molecule has 3 rings (SSSR count). The van der Waals surface area contributed by atoms with Gasteiger partial charge in [0.2, 0.25) is 0 Å². The Morgan fingerprint density at radius 1 is 1.20 bits per heavy atom. The lowest BCUT2D eigenvalue weighted by molar-refractivity contribution is -0.137. The fraction of sp³-hybridized carbons (Fsp3) is 0.0769. The summed E-state index contributed by atoms with van der Waals surface area (Å²) in [4.78, 5) is 3.36. The van der Waals surface area contributed by atoms with E-state index in [9.17, 15) is 21.6 Å². The Labute approximate surface area is 152 Å². The normalized spacial score (nSPS) is 12.5. The first kappa shape index (κ1) is 18.0. The van der Waals surface area contributed by atoms with Gasteiger partial charge in [-0.05, 0) is 46.3 Å². The molecule has 0 aliphatic heterocycles. The Morgan fingerprint density at radius 2 is 1.92 bits per heavy atom. The molecule has 12 heteroatoms. The van der Waals surface area contributed by atoms with Gasteiger partial charge in [-0.1, -0.05) is 11.6 Å². The van der Waals surface area contributed by atoms with E-state index in [-0.39, 0.29) is 5.82 Å². The van der Waals surface area contributed by atoms with Gasteiger partial charge >= 0.3 is 6.18 Å². The average molecular weight is 456 g/mol. The first-order valence-corrected chi connectivity index (χ1v) is 9.13. The number of sulfonamides is 1. The van der Waals surface area contributed by atoms with Crippen LogP contribution in [0.2, 0.25) is 5.02 Å². The number of halogens is 5. The predicted octanol–water partition coefficient (Wildman–Crippen LogP) is 3.96. The lowest BCUT2D eigenvalue weighted by atomic mass is 10.2. The Kier molecular flexibility index (Phi) is 4.41. The molecule has 2 heterocycles. The van der Waals surface area contributed by atoms with Crippen LogP contribution in [0.5, 0.6) is 0 Å². The summed E-state index contributed by atoms with van der Waals surface area (Å²) < 4.78 is 67.1. The summed E-state index contributed by atoms with van der Waals surface area (Å²) in [5, 5.41) is 3.38. The molecule has 132 valence electrons. The fourth-order valence-electron chi connectivity index (χ4n) is 2.06. The highest BCUT2D eigenvalue weighted by Gasteiger charge is 2.32. The van der Waals surface area contributed by atoms with Crippen LogP contribution in [0.3, 0.4) is 0 Å². The molecule has 3 aromatic rings. The van der Waals surface area contributed by atoms with Gasteiger partial charge in [0, 0.05) is 0 Å². The van der Waals surface area contributed by atoms with Crippen LogP contribution in [0.4, 0.5) is 19.0 Å². The van der Waals surface area contributed by atoms with Crippen molar-refractivity contribution in [1.82, 2.24) is 14.6 Å². The van der Waals surface area contributed by atoms with Crippen LogP contribution in [-0.2, 0) is 16.2 Å². The van der Waals surface area contributed by atoms with E-state index in [0.717, 1.165) is 12.4 Å². The maximum atomic E-state index is 12.7. The molecule has 0 spiro atoms. The Bertz CT molecular complexity index is 1070. The first-order chi connectivity index (χ1) is 11.6. The zero-order valence-electron chi connectivity index (χ0n) is 11.9. The second-order valence-electron chi connectivity index (χ2n) is 4.81. The maximum Gasteiger partial charge on any atom is 0.416 e. The van der Waals surface area contributed by atoms with Crippen molar-refractivity contribution >= 4 is 48.9 Å². The van der Waals surface area contributed by atoms with Gasteiger partial charge in [-0.15, -0.1) is 0 Å². The number of alkyl halides is 3. The predicted molar refractivity (Wildman–Crippen MR) is 87.9 cm³/mol. The first-order valence-electron chi connectivity index (χ1n) is 6.47. The summed E-state index contributed by atoms with van der Waals surface area (Å²) in [5.41, 5.74) is -0.697. The Morgan fingerprint density at radius 3 is 2.56 bits per heavy atom. The van der Waals surface area contributed by atoms with Crippen LogP contribution in [0.15, 0.2) is 46.2 Å². The highest BCUT2D eigenvalue weighted by molar-refractivity contribution is 9.10. The lowest BCUT2D eigenvalue weighted by Crippen LogP contribution is -2.16. The van der Waals surface area contributed by atoms with E-state index in [1.807, 2.05) is 0 Å². The smallest absolute Gasteiger partial charge is 0.261 e. The van der Waals surface area contributed by atoms with Gasteiger partial charge in [-0.3, -0.25) is 4.72 Å². The Hall–Kier alpha value is -1.85. The van der Waals surface area contributed by atoms with Crippen LogP contribution in [-0.4, -0.2) is 23.0 Å². The maximum absolute atomic E-state index is 12.7. The van der Waals surface area contributed by atoms with Crippen LogP contribution in [0, 0.1) is 0 Å². The number of fused-ring (bicyclic) bond motifs is 1. The molecule has 0 aliphatic carbocycles. The summed E-state index contributed by atoms with van der Waals surface area (Å²) in [7, 11) is -4.26. The standard InChI is InChI=1S/C13H7BrClF3N4O2S/c14-11-4-2-9-12(19-6-20-22(9)11)21-25(23,24)10-3-1-7(5-8(10)15)13(16,17)18/h1-6H,(H,19,20,21). The third-order valence-electron chi connectivity index (χ3n) is 3.19. The molecule has 0 aliphatic rings. The van der Waals surface area contributed by atoms with E-state index in [2.05, 4.69) is 30.7 Å². The number of nitrogens with one attached hydrogen (secondary N) is 1. The monoisotopic (exact) mass is 454 g/mol. The van der Waals surface area contributed by atoms with Gasteiger partial charge in [0.05, 0.1) is 10.6 Å². The van der Waals surface area contributed by atoms with Gasteiger partial charge in [0.25, 0.3) is 10.0 Å². The third kappa shape index (κ3) is 3.44. The van der Waals surface area contributed by atoms with E-state index in [4.69, 9.17) is 11.6 Å². The highest BCUT2D eigenvalue weighted by atomic mass is 79.9. The summed E-state index contributed by atoms with van der Waals surface area (Å²) in [6.07, 6.45) is -3.50. The summed E-state index contributed by atoms with van der Waals surface area (Å²) in [5.74, 6) is -0.0448. The molecular formula is C13H7BrClF3N4O2S. The van der Waals surface area contributed by atoms with E-state index in [1.165, 1.54) is 4.52 Å². The fourth-order valence-corrected chi connectivity index (χ4v) is 4.04. The minimum Gasteiger partial charge on any atom is -0.261 e. The van der Waals surface area contributed by atoms with Crippen molar-refractivity contribution in [3.05, 3.63) is 51.8 Å².